The number of methoxy groups -OCH3 is 2. The van der Waals surface area contributed by atoms with Gasteiger partial charge in [-0.2, -0.15) is 0 Å². The van der Waals surface area contributed by atoms with E-state index < -0.39 is 0 Å². The highest BCUT2D eigenvalue weighted by Gasteiger charge is 2.59. The molecule has 4 rings (SSSR count). The highest BCUT2D eigenvalue weighted by atomic mass is 16.5. The van der Waals surface area contributed by atoms with Gasteiger partial charge in [0.05, 0.1) is 31.7 Å². The molecule has 4 atom stereocenters. The number of anilines is 1. The molecule has 1 aromatic rings. The van der Waals surface area contributed by atoms with Crippen molar-refractivity contribution in [3.8, 4) is 11.5 Å². The van der Waals surface area contributed by atoms with Crippen molar-refractivity contribution in [3.63, 3.8) is 0 Å². The van der Waals surface area contributed by atoms with Crippen LogP contribution in [0.4, 0.5) is 5.69 Å². The Morgan fingerprint density at radius 1 is 1.00 bits per heavy atom. The van der Waals surface area contributed by atoms with Crippen LogP contribution in [-0.2, 0) is 9.59 Å². The molecule has 0 N–H and O–H groups in total. The average molecular weight is 299 g/mol. The maximum atomic E-state index is 12.8. The third kappa shape index (κ3) is 1.59. The summed E-state index contributed by atoms with van der Waals surface area (Å²) in [5.41, 5.74) is 0.507. The Balaban J connectivity index is 1.75. The number of imide groups is 1. The minimum atomic E-state index is -0.200. The van der Waals surface area contributed by atoms with Gasteiger partial charge in [-0.25, -0.2) is 4.90 Å². The predicted molar refractivity (Wildman–Crippen MR) is 79.8 cm³/mol. The van der Waals surface area contributed by atoms with Crippen LogP contribution < -0.4 is 14.4 Å². The van der Waals surface area contributed by atoms with E-state index in [4.69, 9.17) is 9.47 Å². The lowest BCUT2D eigenvalue weighted by Crippen LogP contribution is -2.33. The fourth-order valence-electron chi connectivity index (χ4n) is 4.11. The van der Waals surface area contributed by atoms with Crippen LogP contribution in [0.3, 0.4) is 0 Å². The molecule has 5 nitrogen and oxygen atoms in total. The Morgan fingerprint density at radius 2 is 1.64 bits per heavy atom. The van der Waals surface area contributed by atoms with Crippen LogP contribution in [0.1, 0.15) is 6.42 Å². The fourth-order valence-corrected chi connectivity index (χ4v) is 4.11. The molecule has 2 fully saturated rings. The van der Waals surface area contributed by atoms with Gasteiger partial charge in [0.15, 0.2) is 0 Å². The first-order valence-corrected chi connectivity index (χ1v) is 7.44. The molecule has 1 saturated heterocycles. The number of ether oxygens (including phenoxy) is 2. The van der Waals surface area contributed by atoms with Gasteiger partial charge in [-0.15, -0.1) is 0 Å². The molecule has 3 aliphatic rings. The van der Waals surface area contributed by atoms with Gasteiger partial charge in [0.1, 0.15) is 11.5 Å². The molecular weight excluding hydrogens is 282 g/mol. The Labute approximate surface area is 128 Å². The zero-order chi connectivity index (χ0) is 15.4. The summed E-state index contributed by atoms with van der Waals surface area (Å²) in [4.78, 5) is 26.9. The number of hydrogen-bond donors (Lipinski definition) is 0. The number of nitrogens with zero attached hydrogens (tertiary/aromatic N) is 1. The van der Waals surface area contributed by atoms with Crippen LogP contribution in [0.5, 0.6) is 11.5 Å². The SMILES string of the molecule is COc1ccc(N2C(=O)[C@@H]3[C@@H](C2=O)[C@@H]2C=C[C@@H]3C2)c(OC)c1. The third-order valence-electron chi connectivity index (χ3n) is 5.10. The summed E-state index contributed by atoms with van der Waals surface area (Å²) in [6.07, 6.45) is 5.11. The van der Waals surface area contributed by atoms with Gasteiger partial charge in [0, 0.05) is 6.07 Å². The molecule has 0 radical (unpaired) electrons. The van der Waals surface area contributed by atoms with Crippen LogP contribution in [-0.4, -0.2) is 26.0 Å². The number of benzene rings is 1. The van der Waals surface area contributed by atoms with E-state index in [0.29, 0.717) is 17.2 Å². The van der Waals surface area contributed by atoms with E-state index in [1.54, 1.807) is 25.3 Å². The number of amides is 2. The van der Waals surface area contributed by atoms with Crippen molar-refractivity contribution in [1.82, 2.24) is 0 Å². The Hall–Kier alpha value is -2.30. The molecule has 0 aromatic heterocycles. The quantitative estimate of drug-likeness (QED) is 0.633. The molecule has 22 heavy (non-hydrogen) atoms. The molecule has 0 unspecified atom stereocenters. The number of allylic oxidation sites excluding steroid dienone is 2. The third-order valence-corrected chi connectivity index (χ3v) is 5.10. The maximum absolute atomic E-state index is 12.8. The largest absolute Gasteiger partial charge is 0.497 e. The number of fused-ring (bicyclic) bond motifs is 5. The Bertz CT molecular complexity index is 666. The second-order valence-electron chi connectivity index (χ2n) is 6.05. The summed E-state index contributed by atoms with van der Waals surface area (Å²) in [5.74, 6) is 0.915. The summed E-state index contributed by atoms with van der Waals surface area (Å²) in [5, 5.41) is 0. The van der Waals surface area contributed by atoms with Gasteiger partial charge in [-0.05, 0) is 30.4 Å². The number of hydrogen-bond acceptors (Lipinski definition) is 4. The molecule has 1 heterocycles. The van der Waals surface area contributed by atoms with E-state index in [9.17, 15) is 9.59 Å². The van der Waals surface area contributed by atoms with Gasteiger partial charge < -0.3 is 9.47 Å². The highest BCUT2D eigenvalue weighted by molar-refractivity contribution is 6.23. The van der Waals surface area contributed by atoms with Gasteiger partial charge >= 0.3 is 0 Å². The van der Waals surface area contributed by atoms with Crippen molar-refractivity contribution < 1.29 is 19.1 Å². The lowest BCUT2D eigenvalue weighted by atomic mass is 9.85. The molecule has 0 spiro atoms. The molecule has 2 bridgehead atoms. The van der Waals surface area contributed by atoms with Crippen molar-refractivity contribution in [3.05, 3.63) is 30.4 Å². The van der Waals surface area contributed by atoms with Crippen LogP contribution in [0.2, 0.25) is 0 Å². The Morgan fingerprint density at radius 3 is 2.18 bits per heavy atom. The van der Waals surface area contributed by atoms with Gasteiger partial charge in [-0.1, -0.05) is 12.2 Å². The topological polar surface area (TPSA) is 55.8 Å². The molecule has 114 valence electrons. The minimum absolute atomic E-state index is 0.102. The van der Waals surface area contributed by atoms with Crippen molar-refractivity contribution in [1.29, 1.82) is 0 Å². The molecule has 1 aromatic carbocycles. The van der Waals surface area contributed by atoms with E-state index in [1.165, 1.54) is 12.0 Å². The first kappa shape index (κ1) is 13.4. The molecule has 1 aliphatic heterocycles. The molecule has 2 aliphatic carbocycles. The van der Waals surface area contributed by atoms with E-state index in [0.717, 1.165) is 6.42 Å². The minimum Gasteiger partial charge on any atom is -0.497 e. The van der Waals surface area contributed by atoms with Crippen LogP contribution in [0.25, 0.3) is 0 Å². The zero-order valence-corrected chi connectivity index (χ0v) is 12.5. The highest BCUT2D eigenvalue weighted by Crippen LogP contribution is 2.54. The zero-order valence-electron chi connectivity index (χ0n) is 12.5. The molecule has 5 heteroatoms. The number of rotatable bonds is 3. The standard InChI is InChI=1S/C17H17NO4/c1-21-11-5-6-12(13(8-11)22-2)18-16(19)14-9-3-4-10(7-9)15(14)17(18)20/h3-6,8-10,14-15H,7H2,1-2H3/t9-,10-,14+,15+/m1/s1. The first-order chi connectivity index (χ1) is 10.7. The first-order valence-electron chi connectivity index (χ1n) is 7.44. The van der Waals surface area contributed by atoms with Gasteiger partial charge in [-0.3, -0.25) is 9.59 Å². The molecule has 1 saturated carbocycles. The van der Waals surface area contributed by atoms with Crippen molar-refractivity contribution in [2.75, 3.05) is 19.1 Å². The number of carbonyl (C=O) groups is 2. The lowest BCUT2D eigenvalue weighted by Gasteiger charge is -2.20. The second kappa shape index (κ2) is 4.60. The van der Waals surface area contributed by atoms with Gasteiger partial charge in [0.25, 0.3) is 0 Å². The smallest absolute Gasteiger partial charge is 0.238 e. The van der Waals surface area contributed by atoms with Crippen molar-refractivity contribution in [2.45, 2.75) is 6.42 Å². The lowest BCUT2D eigenvalue weighted by molar-refractivity contribution is -0.123. The normalized spacial score (nSPS) is 31.8. The predicted octanol–water partition coefficient (Wildman–Crippen LogP) is 2.02. The molecular formula is C17H17NO4. The van der Waals surface area contributed by atoms with Crippen molar-refractivity contribution in [2.24, 2.45) is 23.7 Å². The second-order valence-corrected chi connectivity index (χ2v) is 6.05. The van der Waals surface area contributed by atoms with Crippen molar-refractivity contribution >= 4 is 17.5 Å². The monoisotopic (exact) mass is 299 g/mol. The van der Waals surface area contributed by atoms with Crippen LogP contribution in [0.15, 0.2) is 30.4 Å². The van der Waals surface area contributed by atoms with Gasteiger partial charge in [0.2, 0.25) is 11.8 Å². The average Bonchev–Trinajstić information content (AvgIpc) is 3.21. The van der Waals surface area contributed by atoms with E-state index in [1.807, 2.05) is 0 Å². The molecule has 2 amide bonds. The van der Waals surface area contributed by atoms with E-state index in [-0.39, 0.29) is 35.5 Å². The Kier molecular flexibility index (Phi) is 2.79. The van der Waals surface area contributed by atoms with Crippen LogP contribution in [0, 0.1) is 23.7 Å². The van der Waals surface area contributed by atoms with Crippen LogP contribution >= 0.6 is 0 Å². The summed E-state index contributed by atoms with van der Waals surface area (Å²) in [6, 6.07) is 5.14. The number of carbonyl (C=O) groups excluding carboxylic acids is 2. The summed E-state index contributed by atoms with van der Waals surface area (Å²) in [7, 11) is 3.09. The van der Waals surface area contributed by atoms with E-state index >= 15 is 0 Å². The maximum Gasteiger partial charge on any atom is 0.238 e. The summed E-state index contributed by atoms with van der Waals surface area (Å²) in [6.45, 7) is 0. The summed E-state index contributed by atoms with van der Waals surface area (Å²) >= 11 is 0. The fraction of sp³-hybridized carbons (Fsp3) is 0.412. The van der Waals surface area contributed by atoms with E-state index in [2.05, 4.69) is 12.2 Å². The summed E-state index contributed by atoms with van der Waals surface area (Å²) < 4.78 is 10.5.